The van der Waals surface area contributed by atoms with Crippen molar-refractivity contribution in [3.05, 3.63) is 71.8 Å². The second-order valence-corrected chi connectivity index (χ2v) is 5.81. The molecule has 27 heavy (non-hydrogen) atoms. The number of methoxy groups -OCH3 is 1. The largest absolute Gasteiger partial charge is 0.497 e. The van der Waals surface area contributed by atoms with Crippen LogP contribution in [0.15, 0.2) is 54.6 Å². The predicted molar refractivity (Wildman–Crippen MR) is 99.1 cm³/mol. The molecule has 0 saturated carbocycles. The van der Waals surface area contributed by atoms with Gasteiger partial charge in [0.15, 0.2) is 5.69 Å². The van der Waals surface area contributed by atoms with E-state index in [4.69, 9.17) is 9.47 Å². The highest BCUT2D eigenvalue weighted by Gasteiger charge is 2.14. The average Bonchev–Trinajstić information content (AvgIpc) is 3.07. The molecule has 0 saturated heterocycles. The van der Waals surface area contributed by atoms with Crippen LogP contribution in [0.1, 0.15) is 16.2 Å². The number of nitrogens with zero attached hydrogens (tertiary/aromatic N) is 2. The Morgan fingerprint density at radius 3 is 2.56 bits per heavy atom. The van der Waals surface area contributed by atoms with Gasteiger partial charge in [-0.25, -0.2) is 9.07 Å². The monoisotopic (exact) mass is 369 g/mol. The smallest absolute Gasteiger partial charge is 0.271 e. The maximum Gasteiger partial charge on any atom is 0.271 e. The highest BCUT2D eigenvalue weighted by atomic mass is 19.1. The molecule has 0 aliphatic heterocycles. The van der Waals surface area contributed by atoms with Crippen LogP contribution < -0.4 is 14.8 Å². The van der Waals surface area contributed by atoms with Crippen molar-refractivity contribution in [3.8, 4) is 17.2 Å². The zero-order chi connectivity index (χ0) is 19.2. The summed E-state index contributed by atoms with van der Waals surface area (Å²) in [5.41, 5.74) is 1.19. The lowest BCUT2D eigenvalue weighted by atomic mass is 10.3. The fourth-order valence-corrected chi connectivity index (χ4v) is 2.55. The van der Waals surface area contributed by atoms with Gasteiger partial charge in [0.2, 0.25) is 0 Å². The van der Waals surface area contributed by atoms with Crippen molar-refractivity contribution >= 4 is 5.91 Å². The zero-order valence-corrected chi connectivity index (χ0v) is 15.1. The van der Waals surface area contributed by atoms with Gasteiger partial charge < -0.3 is 14.8 Å². The summed E-state index contributed by atoms with van der Waals surface area (Å²) in [6.07, 6.45) is 0. The average molecular weight is 369 g/mol. The minimum Gasteiger partial charge on any atom is -0.497 e. The number of benzene rings is 2. The molecule has 0 spiro atoms. The Balaban J connectivity index is 1.55. The number of rotatable bonds is 7. The molecule has 7 heteroatoms. The Labute approximate surface area is 156 Å². The lowest BCUT2D eigenvalue weighted by Gasteiger charge is -2.08. The summed E-state index contributed by atoms with van der Waals surface area (Å²) in [6.45, 7) is 2.39. The van der Waals surface area contributed by atoms with Gasteiger partial charge in [-0.05, 0) is 49.4 Å². The SMILES string of the molecule is COc1ccc(OCCNC(=O)c2cc(C)n(-c3ccccc3F)n2)cc1. The van der Waals surface area contributed by atoms with Crippen molar-refractivity contribution < 1.29 is 18.7 Å². The van der Waals surface area contributed by atoms with Crippen LogP contribution in [0.3, 0.4) is 0 Å². The summed E-state index contributed by atoms with van der Waals surface area (Å²) >= 11 is 0. The summed E-state index contributed by atoms with van der Waals surface area (Å²) in [6, 6.07) is 15.1. The van der Waals surface area contributed by atoms with E-state index in [1.807, 2.05) is 0 Å². The van der Waals surface area contributed by atoms with E-state index in [9.17, 15) is 9.18 Å². The summed E-state index contributed by atoms with van der Waals surface area (Å²) < 4.78 is 26.0. The van der Waals surface area contributed by atoms with Gasteiger partial charge in [-0.1, -0.05) is 12.1 Å². The molecule has 0 aliphatic carbocycles. The molecule has 1 amide bonds. The molecular weight excluding hydrogens is 349 g/mol. The maximum absolute atomic E-state index is 13.9. The van der Waals surface area contributed by atoms with Crippen LogP contribution >= 0.6 is 0 Å². The van der Waals surface area contributed by atoms with Crippen molar-refractivity contribution in [3.63, 3.8) is 0 Å². The molecule has 0 aliphatic rings. The Morgan fingerprint density at radius 2 is 1.85 bits per heavy atom. The van der Waals surface area contributed by atoms with Crippen molar-refractivity contribution in [1.82, 2.24) is 15.1 Å². The van der Waals surface area contributed by atoms with Crippen LogP contribution in [0.5, 0.6) is 11.5 Å². The van der Waals surface area contributed by atoms with Gasteiger partial charge >= 0.3 is 0 Å². The van der Waals surface area contributed by atoms with E-state index in [1.165, 1.54) is 10.7 Å². The molecule has 6 nitrogen and oxygen atoms in total. The predicted octanol–water partition coefficient (Wildman–Crippen LogP) is 3.14. The van der Waals surface area contributed by atoms with E-state index in [0.29, 0.717) is 30.3 Å². The van der Waals surface area contributed by atoms with Crippen LogP contribution in [0.4, 0.5) is 4.39 Å². The zero-order valence-electron chi connectivity index (χ0n) is 15.1. The third-order valence-corrected chi connectivity index (χ3v) is 3.92. The Hall–Kier alpha value is -3.35. The van der Waals surface area contributed by atoms with Gasteiger partial charge in [0.05, 0.1) is 13.7 Å². The minimum atomic E-state index is -0.399. The third-order valence-electron chi connectivity index (χ3n) is 3.92. The Kier molecular flexibility index (Phi) is 5.71. The van der Waals surface area contributed by atoms with Crippen molar-refractivity contribution in [2.24, 2.45) is 0 Å². The lowest BCUT2D eigenvalue weighted by molar-refractivity contribution is 0.0941. The number of hydrogen-bond acceptors (Lipinski definition) is 4. The number of para-hydroxylation sites is 1. The van der Waals surface area contributed by atoms with Crippen LogP contribution in [-0.2, 0) is 0 Å². The second-order valence-electron chi connectivity index (χ2n) is 5.81. The first-order valence-electron chi connectivity index (χ1n) is 8.45. The van der Waals surface area contributed by atoms with Gasteiger partial charge in [-0.3, -0.25) is 4.79 Å². The van der Waals surface area contributed by atoms with Crippen molar-refractivity contribution in [1.29, 1.82) is 0 Å². The van der Waals surface area contributed by atoms with E-state index in [-0.39, 0.29) is 11.6 Å². The molecule has 2 aromatic carbocycles. The second kappa shape index (κ2) is 8.35. The van der Waals surface area contributed by atoms with Gasteiger partial charge in [0, 0.05) is 5.69 Å². The van der Waals surface area contributed by atoms with Crippen LogP contribution in [-0.4, -0.2) is 35.9 Å². The third kappa shape index (κ3) is 4.44. The summed E-state index contributed by atoms with van der Waals surface area (Å²) in [7, 11) is 1.60. The van der Waals surface area contributed by atoms with E-state index in [1.54, 1.807) is 62.6 Å². The molecule has 3 rings (SSSR count). The number of carbonyl (C=O) groups excluding carboxylic acids is 1. The molecule has 0 atom stereocenters. The van der Waals surface area contributed by atoms with Crippen molar-refractivity contribution in [2.45, 2.75) is 6.92 Å². The molecule has 1 N–H and O–H groups in total. The number of aryl methyl sites for hydroxylation is 1. The Morgan fingerprint density at radius 1 is 1.15 bits per heavy atom. The molecular formula is C20H20FN3O3. The fourth-order valence-electron chi connectivity index (χ4n) is 2.55. The van der Waals surface area contributed by atoms with E-state index < -0.39 is 5.82 Å². The number of hydrogen-bond donors (Lipinski definition) is 1. The van der Waals surface area contributed by atoms with Crippen molar-refractivity contribution in [2.75, 3.05) is 20.3 Å². The quantitative estimate of drug-likeness (QED) is 0.650. The molecule has 0 fully saturated rings. The first-order valence-corrected chi connectivity index (χ1v) is 8.45. The summed E-state index contributed by atoms with van der Waals surface area (Å²) in [5.74, 6) is 0.691. The molecule has 0 radical (unpaired) electrons. The number of carbonyl (C=O) groups is 1. The van der Waals surface area contributed by atoms with Gasteiger partial charge in [-0.2, -0.15) is 5.10 Å². The lowest BCUT2D eigenvalue weighted by Crippen LogP contribution is -2.28. The molecule has 0 unspecified atom stereocenters. The first kappa shape index (κ1) is 18.4. The van der Waals surface area contributed by atoms with Gasteiger partial charge in [-0.15, -0.1) is 0 Å². The number of amides is 1. The normalized spacial score (nSPS) is 10.5. The highest BCUT2D eigenvalue weighted by Crippen LogP contribution is 2.17. The van der Waals surface area contributed by atoms with Gasteiger partial charge in [0.1, 0.15) is 29.6 Å². The maximum atomic E-state index is 13.9. The van der Waals surface area contributed by atoms with Gasteiger partial charge in [0.25, 0.3) is 5.91 Å². The fraction of sp³-hybridized carbons (Fsp3) is 0.200. The van der Waals surface area contributed by atoms with Crippen LogP contribution in [0, 0.1) is 12.7 Å². The Bertz CT molecular complexity index is 922. The number of nitrogens with one attached hydrogen (secondary N) is 1. The van der Waals surface area contributed by atoms with E-state index in [2.05, 4.69) is 10.4 Å². The topological polar surface area (TPSA) is 65.4 Å². The minimum absolute atomic E-state index is 0.222. The highest BCUT2D eigenvalue weighted by molar-refractivity contribution is 5.92. The molecule has 1 aromatic heterocycles. The van der Waals surface area contributed by atoms with Crippen LogP contribution in [0.25, 0.3) is 5.69 Å². The standard InChI is InChI=1S/C20H20FN3O3/c1-14-13-18(23-24(14)19-6-4-3-5-17(19)21)20(25)22-11-12-27-16-9-7-15(26-2)8-10-16/h3-10,13H,11-12H2,1-2H3,(H,22,25). The number of halogens is 1. The molecule has 0 bridgehead atoms. The first-order chi connectivity index (χ1) is 13.1. The van der Waals surface area contributed by atoms with Crippen LogP contribution in [0.2, 0.25) is 0 Å². The molecule has 3 aromatic rings. The number of ether oxygens (including phenoxy) is 2. The van der Waals surface area contributed by atoms with E-state index in [0.717, 1.165) is 5.75 Å². The number of aromatic nitrogens is 2. The summed E-state index contributed by atoms with van der Waals surface area (Å²) in [5, 5.41) is 6.95. The van der Waals surface area contributed by atoms with E-state index >= 15 is 0 Å². The molecule has 140 valence electrons. The molecule has 1 heterocycles. The summed E-state index contributed by atoms with van der Waals surface area (Å²) in [4.78, 5) is 12.3.